The summed E-state index contributed by atoms with van der Waals surface area (Å²) in [5.41, 5.74) is 6.89. The molecule has 0 saturated heterocycles. The van der Waals surface area contributed by atoms with E-state index in [1.807, 2.05) is 34.9 Å². The van der Waals surface area contributed by atoms with Crippen molar-refractivity contribution in [2.75, 3.05) is 6.54 Å². The monoisotopic (exact) mass is 428 g/mol. The Morgan fingerprint density at radius 1 is 1.22 bits per heavy atom. The van der Waals surface area contributed by atoms with Gasteiger partial charge < -0.3 is 11.1 Å². The van der Waals surface area contributed by atoms with Gasteiger partial charge in [-0.05, 0) is 18.6 Å². The fourth-order valence-corrected chi connectivity index (χ4v) is 2.15. The molecule has 1 aromatic heterocycles. The van der Waals surface area contributed by atoms with Crippen LogP contribution in [0.15, 0.2) is 41.7 Å². The van der Waals surface area contributed by atoms with Gasteiger partial charge in [0, 0.05) is 12.2 Å². The van der Waals surface area contributed by atoms with Crippen LogP contribution in [0, 0.1) is 0 Å². The first-order chi connectivity index (χ1) is 10.8. The molecule has 2 rings (SSSR count). The first kappa shape index (κ1) is 19.4. The lowest BCUT2D eigenvalue weighted by molar-refractivity contribution is 0.652. The average Bonchev–Trinajstić information content (AvgIpc) is 3.02. The van der Waals surface area contributed by atoms with Crippen molar-refractivity contribution in [3.05, 3.63) is 42.5 Å². The quantitative estimate of drug-likeness (QED) is 0.293. The molecule has 1 heterocycles. The zero-order valence-corrected chi connectivity index (χ0v) is 15.8. The molecule has 0 atom stereocenters. The molecular formula is C16H25IN6. The fourth-order valence-electron chi connectivity index (χ4n) is 2.15. The summed E-state index contributed by atoms with van der Waals surface area (Å²) < 4.78 is 1.91. The Hall–Kier alpha value is -1.64. The van der Waals surface area contributed by atoms with Crippen LogP contribution in [0.25, 0.3) is 5.69 Å². The van der Waals surface area contributed by atoms with Gasteiger partial charge in [0.1, 0.15) is 12.9 Å². The van der Waals surface area contributed by atoms with Gasteiger partial charge in [0.15, 0.2) is 11.8 Å². The highest BCUT2D eigenvalue weighted by Gasteiger charge is 2.05. The van der Waals surface area contributed by atoms with Crippen LogP contribution in [0.2, 0.25) is 0 Å². The van der Waals surface area contributed by atoms with Crippen molar-refractivity contribution in [2.24, 2.45) is 10.7 Å². The maximum Gasteiger partial charge on any atom is 0.189 e. The lowest BCUT2D eigenvalue weighted by Crippen LogP contribution is -2.32. The Morgan fingerprint density at radius 2 is 2.00 bits per heavy atom. The van der Waals surface area contributed by atoms with Crippen LogP contribution in [-0.4, -0.2) is 27.3 Å². The van der Waals surface area contributed by atoms with Crippen LogP contribution in [0.3, 0.4) is 0 Å². The molecule has 0 saturated carbocycles. The van der Waals surface area contributed by atoms with Crippen LogP contribution >= 0.6 is 24.0 Å². The first-order valence-corrected chi connectivity index (χ1v) is 7.79. The van der Waals surface area contributed by atoms with Gasteiger partial charge in [-0.2, -0.15) is 0 Å². The summed E-state index contributed by atoms with van der Waals surface area (Å²) in [4.78, 5) is 4.33. The van der Waals surface area contributed by atoms with E-state index in [9.17, 15) is 0 Å². The second kappa shape index (κ2) is 11.0. The summed E-state index contributed by atoms with van der Waals surface area (Å²) in [5, 5.41) is 11.2. The molecule has 0 bridgehead atoms. The number of benzene rings is 1. The second-order valence-corrected chi connectivity index (χ2v) is 5.14. The molecule has 0 unspecified atom stereocenters. The number of nitrogens with one attached hydrogen (secondary N) is 1. The third-order valence-corrected chi connectivity index (χ3v) is 3.38. The number of hydrogen-bond donors (Lipinski definition) is 2. The number of hydrogen-bond acceptors (Lipinski definition) is 3. The van der Waals surface area contributed by atoms with Gasteiger partial charge in [-0.15, -0.1) is 34.2 Å². The topological polar surface area (TPSA) is 81.1 Å². The minimum absolute atomic E-state index is 0. The van der Waals surface area contributed by atoms with Crippen LogP contribution in [0.4, 0.5) is 0 Å². The Kier molecular flexibility index (Phi) is 9.27. The van der Waals surface area contributed by atoms with Crippen LogP contribution in [0.5, 0.6) is 0 Å². The van der Waals surface area contributed by atoms with Crippen molar-refractivity contribution >= 4 is 29.9 Å². The molecule has 1 aromatic carbocycles. The SMILES string of the molecule is CCCCCCNC(N)=NCc1nncn1-c1ccccc1.I. The molecule has 0 aliphatic heterocycles. The average molecular weight is 428 g/mol. The molecule has 0 spiro atoms. The van der Waals surface area contributed by atoms with E-state index in [-0.39, 0.29) is 24.0 Å². The van der Waals surface area contributed by atoms with Gasteiger partial charge in [0.25, 0.3) is 0 Å². The molecule has 6 nitrogen and oxygen atoms in total. The molecule has 0 amide bonds. The third kappa shape index (κ3) is 6.55. The first-order valence-electron chi connectivity index (χ1n) is 7.79. The highest BCUT2D eigenvalue weighted by Crippen LogP contribution is 2.09. The Bertz CT molecular complexity index is 581. The predicted octanol–water partition coefficient (Wildman–Crippen LogP) is 2.87. The highest BCUT2D eigenvalue weighted by atomic mass is 127. The van der Waals surface area contributed by atoms with Crippen LogP contribution in [0.1, 0.15) is 38.4 Å². The minimum Gasteiger partial charge on any atom is -0.370 e. The van der Waals surface area contributed by atoms with Gasteiger partial charge in [-0.25, -0.2) is 4.99 Å². The molecule has 0 aliphatic rings. The number of nitrogens with two attached hydrogens (primary N) is 1. The number of nitrogens with zero attached hydrogens (tertiary/aromatic N) is 4. The summed E-state index contributed by atoms with van der Waals surface area (Å²) in [7, 11) is 0. The Balaban J connectivity index is 0.00000264. The predicted molar refractivity (Wildman–Crippen MR) is 104 cm³/mol. The molecule has 126 valence electrons. The van der Waals surface area contributed by atoms with Gasteiger partial charge in [0.2, 0.25) is 0 Å². The summed E-state index contributed by atoms with van der Waals surface area (Å²) in [5.74, 6) is 1.22. The van der Waals surface area contributed by atoms with Crippen LogP contribution in [-0.2, 0) is 6.54 Å². The maximum atomic E-state index is 5.88. The summed E-state index contributed by atoms with van der Waals surface area (Å²) in [6, 6.07) is 9.95. The van der Waals surface area contributed by atoms with E-state index < -0.39 is 0 Å². The molecule has 23 heavy (non-hydrogen) atoms. The summed E-state index contributed by atoms with van der Waals surface area (Å²) >= 11 is 0. The van der Waals surface area contributed by atoms with E-state index in [0.29, 0.717) is 12.5 Å². The molecule has 3 N–H and O–H groups in total. The number of para-hydroxylation sites is 1. The molecule has 0 aliphatic carbocycles. The molecule has 2 aromatic rings. The second-order valence-electron chi connectivity index (χ2n) is 5.14. The largest absolute Gasteiger partial charge is 0.370 e. The van der Waals surface area contributed by atoms with Crippen molar-refractivity contribution in [2.45, 2.75) is 39.2 Å². The molecular weight excluding hydrogens is 403 g/mol. The number of aliphatic imine (C=N–C) groups is 1. The minimum atomic E-state index is 0. The Morgan fingerprint density at radius 3 is 2.74 bits per heavy atom. The Labute approximate surface area is 154 Å². The zero-order chi connectivity index (χ0) is 15.6. The zero-order valence-electron chi connectivity index (χ0n) is 13.5. The van der Waals surface area contributed by atoms with E-state index in [1.165, 1.54) is 19.3 Å². The fraction of sp³-hybridized carbons (Fsp3) is 0.438. The van der Waals surface area contributed by atoms with Crippen molar-refractivity contribution in [1.82, 2.24) is 20.1 Å². The lowest BCUT2D eigenvalue weighted by Gasteiger charge is -2.06. The van der Waals surface area contributed by atoms with Crippen LogP contribution < -0.4 is 11.1 Å². The van der Waals surface area contributed by atoms with E-state index in [2.05, 4.69) is 27.4 Å². The number of aromatic nitrogens is 3. The van der Waals surface area contributed by atoms with Gasteiger partial charge >= 0.3 is 0 Å². The highest BCUT2D eigenvalue weighted by molar-refractivity contribution is 14.0. The summed E-state index contributed by atoms with van der Waals surface area (Å²) in [6.45, 7) is 3.47. The number of rotatable bonds is 8. The van der Waals surface area contributed by atoms with Gasteiger partial charge in [-0.3, -0.25) is 4.57 Å². The van der Waals surface area contributed by atoms with Gasteiger partial charge in [0.05, 0.1) is 0 Å². The third-order valence-electron chi connectivity index (χ3n) is 3.38. The summed E-state index contributed by atoms with van der Waals surface area (Å²) in [6.07, 6.45) is 6.52. The van der Waals surface area contributed by atoms with E-state index in [0.717, 1.165) is 24.5 Å². The maximum absolute atomic E-state index is 5.88. The van der Waals surface area contributed by atoms with Crippen molar-refractivity contribution < 1.29 is 0 Å². The molecule has 0 radical (unpaired) electrons. The number of unbranched alkanes of at least 4 members (excludes halogenated alkanes) is 3. The van der Waals surface area contributed by atoms with E-state index in [1.54, 1.807) is 6.33 Å². The molecule has 0 fully saturated rings. The molecule has 7 heteroatoms. The lowest BCUT2D eigenvalue weighted by atomic mass is 10.2. The van der Waals surface area contributed by atoms with E-state index in [4.69, 9.17) is 5.73 Å². The van der Waals surface area contributed by atoms with Crippen molar-refractivity contribution in [1.29, 1.82) is 0 Å². The standard InChI is InChI=1S/C16H24N6.HI/c1-2-3-4-8-11-18-16(17)19-12-15-21-20-13-22(15)14-9-6-5-7-10-14;/h5-7,9-10,13H,2-4,8,11-12H2,1H3,(H3,17,18,19);1H. The van der Waals surface area contributed by atoms with E-state index >= 15 is 0 Å². The number of guanidine groups is 1. The normalized spacial score (nSPS) is 11.1. The van der Waals surface area contributed by atoms with Crippen molar-refractivity contribution in [3.63, 3.8) is 0 Å². The van der Waals surface area contributed by atoms with Crippen molar-refractivity contribution in [3.8, 4) is 5.69 Å². The number of halogens is 1. The van der Waals surface area contributed by atoms with Gasteiger partial charge in [-0.1, -0.05) is 44.4 Å². The smallest absolute Gasteiger partial charge is 0.189 e.